The molecule has 1 saturated carbocycles. The average Bonchev–Trinajstić information content (AvgIpc) is 3.27. The number of hydrogen-bond acceptors (Lipinski definition) is 9. The third-order valence-corrected chi connectivity index (χ3v) is 9.07. The van der Waals surface area contributed by atoms with Crippen LogP contribution in [0.2, 0.25) is 0 Å². The van der Waals surface area contributed by atoms with Crippen molar-refractivity contribution in [1.29, 1.82) is 0 Å². The van der Waals surface area contributed by atoms with Gasteiger partial charge in [-0.2, -0.15) is 0 Å². The molecule has 1 fully saturated rings. The summed E-state index contributed by atoms with van der Waals surface area (Å²) in [6, 6.07) is 17.0. The number of hydrogen-bond donors (Lipinski definition) is 0. The molecule has 9 heteroatoms. The van der Waals surface area contributed by atoms with Gasteiger partial charge in [0.1, 0.15) is 24.1 Å². The molecule has 2 aliphatic rings. The highest BCUT2D eigenvalue weighted by Gasteiger charge is 2.62. The summed E-state index contributed by atoms with van der Waals surface area (Å²) >= 11 is 0. The molecular weight excluding hydrogens is 600 g/mol. The Bertz CT molecular complexity index is 1540. The van der Waals surface area contributed by atoms with Crippen LogP contribution in [0.5, 0.6) is 0 Å². The summed E-state index contributed by atoms with van der Waals surface area (Å²) in [6.45, 7) is 11.5. The molecule has 0 unspecified atom stereocenters. The van der Waals surface area contributed by atoms with E-state index in [9.17, 15) is 24.0 Å². The van der Waals surface area contributed by atoms with E-state index in [0.29, 0.717) is 16.7 Å². The van der Waals surface area contributed by atoms with Gasteiger partial charge in [-0.25, -0.2) is 9.59 Å². The van der Waals surface area contributed by atoms with Gasteiger partial charge in [0.25, 0.3) is 0 Å². The van der Waals surface area contributed by atoms with Crippen molar-refractivity contribution < 1.29 is 42.9 Å². The summed E-state index contributed by atoms with van der Waals surface area (Å²) in [7, 11) is 0. The lowest BCUT2D eigenvalue weighted by Crippen LogP contribution is -2.55. The van der Waals surface area contributed by atoms with E-state index in [2.05, 4.69) is 0 Å². The third-order valence-electron chi connectivity index (χ3n) is 9.07. The number of fused-ring (bicyclic) bond motifs is 1. The molecule has 0 spiro atoms. The Morgan fingerprint density at radius 1 is 0.787 bits per heavy atom. The zero-order valence-electron chi connectivity index (χ0n) is 28.1. The quantitative estimate of drug-likeness (QED) is 0.198. The fraction of sp³-hybridized carbons (Fsp3) is 0.447. The predicted octanol–water partition coefficient (Wildman–Crippen LogP) is 6.46. The monoisotopic (exact) mass is 644 g/mol. The van der Waals surface area contributed by atoms with Crippen LogP contribution in [0.15, 0.2) is 84.5 Å². The molecule has 7 atom stereocenters. The van der Waals surface area contributed by atoms with Crippen molar-refractivity contribution in [2.24, 2.45) is 23.2 Å². The molecule has 2 aromatic rings. The minimum atomic E-state index is -1.48. The SMILES string of the molecule is CC(=O)O[C@H]1[C@H](C)/C=C\C(C)(C)C(=O)C[C@@H](OC(=O)c2ccccc2)/C(C)=C/[C@@H]2[C@@H](OC(=O)c3ccccc3)[C@@H](C)C[C@@]21OC(C)=O. The minimum Gasteiger partial charge on any atom is -0.458 e. The van der Waals surface area contributed by atoms with Crippen molar-refractivity contribution in [2.75, 3.05) is 0 Å². The van der Waals surface area contributed by atoms with Gasteiger partial charge in [-0.05, 0) is 62.9 Å². The van der Waals surface area contributed by atoms with Crippen molar-refractivity contribution in [2.45, 2.75) is 85.2 Å². The van der Waals surface area contributed by atoms with E-state index in [1.165, 1.54) is 13.8 Å². The van der Waals surface area contributed by atoms with Crippen LogP contribution in [0.3, 0.4) is 0 Å². The van der Waals surface area contributed by atoms with E-state index in [-0.39, 0.29) is 24.5 Å². The van der Waals surface area contributed by atoms with E-state index in [4.69, 9.17) is 18.9 Å². The molecular formula is C38H44O9. The Morgan fingerprint density at radius 2 is 1.34 bits per heavy atom. The van der Waals surface area contributed by atoms with Gasteiger partial charge in [0.15, 0.2) is 5.60 Å². The van der Waals surface area contributed by atoms with Crippen LogP contribution >= 0.6 is 0 Å². The number of Topliss-reactive ketones (excluding diaryl/α,β-unsaturated/α-hetero) is 1. The van der Waals surface area contributed by atoms with E-state index >= 15 is 0 Å². The summed E-state index contributed by atoms with van der Waals surface area (Å²) in [5.74, 6) is -4.29. The van der Waals surface area contributed by atoms with E-state index in [1.54, 1.807) is 99.7 Å². The highest BCUT2D eigenvalue weighted by molar-refractivity contribution is 5.91. The first kappa shape index (κ1) is 35.3. The molecule has 0 aliphatic heterocycles. The molecule has 250 valence electrons. The Hall–Kier alpha value is -4.53. The second-order valence-corrected chi connectivity index (χ2v) is 13.3. The standard InChI is InChI=1S/C38H44O9/c1-23-18-19-37(6,7)32(41)21-31(45-35(42)28-14-10-8-11-15-28)24(2)20-30-33(46-36(43)29-16-12-9-13-17-29)25(3)22-38(30,47-27(5)40)34(23)44-26(4)39/h8-20,23,25,30-31,33-34H,21-22H2,1-7H3/b19-18-,24-20+/t23-,25+,30-,31-,33+,34+,38-/m1/s1. The van der Waals surface area contributed by atoms with Crippen LogP contribution < -0.4 is 0 Å². The second kappa shape index (κ2) is 14.5. The van der Waals surface area contributed by atoms with Gasteiger partial charge in [-0.3, -0.25) is 14.4 Å². The fourth-order valence-electron chi connectivity index (χ4n) is 6.63. The van der Waals surface area contributed by atoms with Gasteiger partial charge in [0.2, 0.25) is 0 Å². The van der Waals surface area contributed by atoms with E-state index < -0.39 is 65.0 Å². The molecule has 9 nitrogen and oxygen atoms in total. The minimum absolute atomic E-state index is 0.128. The van der Waals surface area contributed by atoms with Crippen molar-refractivity contribution in [3.05, 3.63) is 95.6 Å². The molecule has 2 aromatic carbocycles. The lowest BCUT2D eigenvalue weighted by Gasteiger charge is -2.43. The average molecular weight is 645 g/mol. The fourth-order valence-corrected chi connectivity index (χ4v) is 6.63. The van der Waals surface area contributed by atoms with Crippen LogP contribution in [-0.2, 0) is 33.3 Å². The van der Waals surface area contributed by atoms with Crippen molar-refractivity contribution >= 4 is 29.7 Å². The number of benzene rings is 2. The van der Waals surface area contributed by atoms with E-state index in [0.717, 1.165) is 0 Å². The summed E-state index contributed by atoms with van der Waals surface area (Å²) in [4.78, 5) is 66.0. The molecule has 0 heterocycles. The Labute approximate surface area is 276 Å². The van der Waals surface area contributed by atoms with Gasteiger partial charge in [-0.1, -0.05) is 68.5 Å². The van der Waals surface area contributed by atoms with Crippen molar-refractivity contribution in [1.82, 2.24) is 0 Å². The first-order valence-electron chi connectivity index (χ1n) is 15.9. The first-order valence-corrected chi connectivity index (χ1v) is 15.9. The van der Waals surface area contributed by atoms with Gasteiger partial charge in [0.05, 0.1) is 17.0 Å². The number of carbonyl (C=O) groups excluding carboxylic acids is 5. The summed E-state index contributed by atoms with van der Waals surface area (Å²) in [6.07, 6.45) is 2.49. The van der Waals surface area contributed by atoms with Crippen LogP contribution in [0.1, 0.15) is 82.0 Å². The number of esters is 4. The van der Waals surface area contributed by atoms with Gasteiger partial charge >= 0.3 is 23.9 Å². The van der Waals surface area contributed by atoms with Crippen LogP contribution in [0, 0.1) is 23.2 Å². The van der Waals surface area contributed by atoms with Crippen LogP contribution in [0.25, 0.3) is 0 Å². The van der Waals surface area contributed by atoms with Crippen molar-refractivity contribution in [3.8, 4) is 0 Å². The van der Waals surface area contributed by atoms with Gasteiger partial charge < -0.3 is 18.9 Å². The second-order valence-electron chi connectivity index (χ2n) is 13.3. The Kier molecular flexibility index (Phi) is 10.9. The predicted molar refractivity (Wildman–Crippen MR) is 174 cm³/mol. The highest BCUT2D eigenvalue weighted by atomic mass is 16.6. The van der Waals surface area contributed by atoms with Crippen molar-refractivity contribution in [3.63, 3.8) is 0 Å². The maximum Gasteiger partial charge on any atom is 0.338 e. The smallest absolute Gasteiger partial charge is 0.338 e. The maximum absolute atomic E-state index is 13.8. The van der Waals surface area contributed by atoms with Gasteiger partial charge in [-0.15, -0.1) is 0 Å². The zero-order chi connectivity index (χ0) is 34.5. The molecule has 0 radical (unpaired) electrons. The molecule has 0 aromatic heterocycles. The zero-order valence-corrected chi connectivity index (χ0v) is 28.1. The number of ether oxygens (including phenoxy) is 4. The van der Waals surface area contributed by atoms with E-state index in [1.807, 2.05) is 13.8 Å². The summed E-state index contributed by atoms with van der Waals surface area (Å²) < 4.78 is 24.4. The van der Waals surface area contributed by atoms with Gasteiger partial charge in [0, 0.05) is 31.6 Å². The molecule has 4 rings (SSSR count). The lowest BCUT2D eigenvalue weighted by atomic mass is 9.75. The summed E-state index contributed by atoms with van der Waals surface area (Å²) in [5.41, 5.74) is -1.30. The molecule has 2 aliphatic carbocycles. The number of ketones is 1. The normalized spacial score (nSPS) is 30.6. The number of rotatable bonds is 6. The lowest BCUT2D eigenvalue weighted by molar-refractivity contribution is -0.195. The summed E-state index contributed by atoms with van der Waals surface area (Å²) in [5, 5.41) is 0. The number of allylic oxidation sites excluding steroid dienone is 1. The molecule has 47 heavy (non-hydrogen) atoms. The molecule has 0 saturated heterocycles. The Morgan fingerprint density at radius 3 is 1.87 bits per heavy atom. The number of carbonyl (C=O) groups is 5. The van der Waals surface area contributed by atoms with Crippen LogP contribution in [0.4, 0.5) is 0 Å². The molecule has 0 N–H and O–H groups in total. The largest absolute Gasteiger partial charge is 0.458 e. The highest BCUT2D eigenvalue weighted by Crippen LogP contribution is 2.51. The maximum atomic E-state index is 13.8. The molecule has 0 amide bonds. The Balaban J connectivity index is 1.92. The topological polar surface area (TPSA) is 122 Å². The van der Waals surface area contributed by atoms with Crippen LogP contribution in [-0.4, -0.2) is 53.6 Å². The molecule has 0 bridgehead atoms. The first-order chi connectivity index (χ1) is 22.1. The third kappa shape index (κ3) is 8.07.